The number of benzene rings is 1. The number of nitrogens with two attached hydrogens (primary N) is 1. The van der Waals surface area contributed by atoms with E-state index in [0.717, 1.165) is 25.7 Å². The molecule has 1 aromatic carbocycles. The van der Waals surface area contributed by atoms with Crippen LogP contribution in [0.5, 0.6) is 0 Å². The van der Waals surface area contributed by atoms with Crippen molar-refractivity contribution < 1.29 is 9.18 Å². The molecule has 0 aromatic heterocycles. The van der Waals surface area contributed by atoms with Gasteiger partial charge in [-0.2, -0.15) is 0 Å². The zero-order chi connectivity index (χ0) is 14.4. The summed E-state index contributed by atoms with van der Waals surface area (Å²) in [6.07, 6.45) is 3.60. The number of carbonyl (C=O) groups is 1. The third kappa shape index (κ3) is 4.10. The summed E-state index contributed by atoms with van der Waals surface area (Å²) in [6.45, 7) is 4.11. The van der Waals surface area contributed by atoms with Gasteiger partial charge in [0.25, 0.3) is 0 Å². The van der Waals surface area contributed by atoms with Crippen LogP contribution in [0.25, 0.3) is 0 Å². The lowest BCUT2D eigenvalue weighted by atomic mass is 10.0. The van der Waals surface area contributed by atoms with Crippen molar-refractivity contribution >= 4 is 23.3 Å². The Balaban J connectivity index is 3.10. The first-order valence-corrected chi connectivity index (χ1v) is 6.92. The molecule has 0 saturated carbocycles. The van der Waals surface area contributed by atoms with E-state index >= 15 is 0 Å². The van der Waals surface area contributed by atoms with E-state index < -0.39 is 11.8 Å². The lowest BCUT2D eigenvalue weighted by Gasteiger charge is -2.30. The third-order valence-corrected chi connectivity index (χ3v) is 3.32. The van der Waals surface area contributed by atoms with Gasteiger partial charge in [0.15, 0.2) is 0 Å². The molecule has 0 aliphatic carbocycles. The molecular weight excluding hydrogens is 267 g/mol. The second kappa shape index (κ2) is 7.34. The molecule has 1 aromatic rings. The van der Waals surface area contributed by atoms with Crippen LogP contribution < -0.4 is 10.6 Å². The van der Waals surface area contributed by atoms with Crippen LogP contribution in [0.1, 0.15) is 39.5 Å². The van der Waals surface area contributed by atoms with Crippen molar-refractivity contribution in [1.29, 1.82) is 0 Å². The van der Waals surface area contributed by atoms with E-state index in [0.29, 0.717) is 5.69 Å². The van der Waals surface area contributed by atoms with E-state index in [4.69, 9.17) is 17.3 Å². The number of amides is 2. The quantitative estimate of drug-likeness (QED) is 0.831. The van der Waals surface area contributed by atoms with Crippen molar-refractivity contribution in [2.45, 2.75) is 45.6 Å². The highest BCUT2D eigenvalue weighted by Crippen LogP contribution is 2.26. The van der Waals surface area contributed by atoms with Crippen LogP contribution in [-0.2, 0) is 0 Å². The Hall–Kier alpha value is -1.29. The fraction of sp³-hybridized carbons (Fsp3) is 0.500. The molecule has 0 fully saturated rings. The van der Waals surface area contributed by atoms with Crippen molar-refractivity contribution in [2.75, 3.05) is 4.90 Å². The molecule has 0 heterocycles. The Kier molecular flexibility index (Phi) is 6.09. The van der Waals surface area contributed by atoms with Gasteiger partial charge in [0.05, 0.1) is 5.02 Å². The molecule has 1 rings (SSSR count). The van der Waals surface area contributed by atoms with Crippen LogP contribution in [0.15, 0.2) is 18.2 Å². The van der Waals surface area contributed by atoms with Gasteiger partial charge in [0, 0.05) is 11.7 Å². The third-order valence-electron chi connectivity index (χ3n) is 3.03. The highest BCUT2D eigenvalue weighted by molar-refractivity contribution is 6.31. The molecular formula is C14H20ClFN2O. The first-order valence-electron chi connectivity index (χ1n) is 6.54. The fourth-order valence-electron chi connectivity index (χ4n) is 2.22. The van der Waals surface area contributed by atoms with Gasteiger partial charge in [-0.05, 0) is 31.0 Å². The van der Waals surface area contributed by atoms with Crippen molar-refractivity contribution in [3.05, 3.63) is 29.0 Å². The van der Waals surface area contributed by atoms with Gasteiger partial charge in [-0.15, -0.1) is 0 Å². The van der Waals surface area contributed by atoms with Crippen LogP contribution in [0, 0.1) is 5.82 Å². The number of hydrogen-bond donors (Lipinski definition) is 1. The summed E-state index contributed by atoms with van der Waals surface area (Å²) >= 11 is 5.77. The Bertz CT molecular complexity index is 433. The van der Waals surface area contributed by atoms with Crippen LogP contribution in [0.4, 0.5) is 14.9 Å². The highest BCUT2D eigenvalue weighted by Gasteiger charge is 2.22. The molecule has 0 aliphatic rings. The predicted octanol–water partition coefficient (Wildman–Crippen LogP) is 4.33. The SMILES string of the molecule is CCCC(CCC)N(C(N)=O)c1ccc(F)c(Cl)c1. The number of hydrogen-bond acceptors (Lipinski definition) is 1. The Morgan fingerprint density at radius 1 is 1.37 bits per heavy atom. The summed E-state index contributed by atoms with van der Waals surface area (Å²) < 4.78 is 13.2. The standard InChI is InChI=1S/C14H20ClFN2O/c1-3-5-10(6-4-2)18(14(17)19)11-7-8-13(16)12(15)9-11/h7-10H,3-6H2,1-2H3,(H2,17,19). The maximum atomic E-state index is 13.2. The molecule has 0 aliphatic heterocycles. The van der Waals surface area contributed by atoms with E-state index in [2.05, 4.69) is 13.8 Å². The molecule has 106 valence electrons. The van der Waals surface area contributed by atoms with E-state index in [9.17, 15) is 9.18 Å². The van der Waals surface area contributed by atoms with Crippen LogP contribution >= 0.6 is 11.6 Å². The van der Waals surface area contributed by atoms with Gasteiger partial charge in [-0.3, -0.25) is 4.90 Å². The van der Waals surface area contributed by atoms with Crippen molar-refractivity contribution in [3.63, 3.8) is 0 Å². The van der Waals surface area contributed by atoms with Gasteiger partial charge in [0.2, 0.25) is 0 Å². The molecule has 0 radical (unpaired) electrons. The average molecular weight is 287 g/mol. The molecule has 2 amide bonds. The summed E-state index contributed by atoms with van der Waals surface area (Å²) in [5, 5.41) is -0.00417. The topological polar surface area (TPSA) is 46.3 Å². The summed E-state index contributed by atoms with van der Waals surface area (Å²) in [5.74, 6) is -0.502. The van der Waals surface area contributed by atoms with E-state index in [1.165, 1.54) is 23.1 Å². The molecule has 19 heavy (non-hydrogen) atoms. The van der Waals surface area contributed by atoms with Gasteiger partial charge in [-0.25, -0.2) is 9.18 Å². The van der Waals surface area contributed by atoms with E-state index in [1.54, 1.807) is 0 Å². The number of carbonyl (C=O) groups excluding carboxylic acids is 1. The number of nitrogens with zero attached hydrogens (tertiary/aromatic N) is 1. The number of urea groups is 1. The molecule has 2 N–H and O–H groups in total. The largest absolute Gasteiger partial charge is 0.351 e. The summed E-state index contributed by atoms with van der Waals surface area (Å²) in [4.78, 5) is 13.2. The maximum Gasteiger partial charge on any atom is 0.319 e. The van der Waals surface area contributed by atoms with Crippen molar-refractivity contribution in [3.8, 4) is 0 Å². The second-order valence-electron chi connectivity index (χ2n) is 4.54. The summed E-state index contributed by atoms with van der Waals surface area (Å²) in [5.41, 5.74) is 6.02. The molecule has 3 nitrogen and oxygen atoms in total. The molecule has 5 heteroatoms. The van der Waals surface area contributed by atoms with Gasteiger partial charge in [-0.1, -0.05) is 38.3 Å². The van der Waals surface area contributed by atoms with Gasteiger partial charge in [0.1, 0.15) is 5.82 Å². The molecule has 0 spiro atoms. The number of rotatable bonds is 6. The van der Waals surface area contributed by atoms with Crippen molar-refractivity contribution in [2.24, 2.45) is 5.73 Å². The minimum absolute atomic E-state index is 0.00417. The van der Waals surface area contributed by atoms with Crippen LogP contribution in [0.3, 0.4) is 0 Å². The first kappa shape index (κ1) is 15.8. The first-order chi connectivity index (χ1) is 9.01. The van der Waals surface area contributed by atoms with Crippen LogP contribution in [0.2, 0.25) is 5.02 Å². The Morgan fingerprint density at radius 3 is 2.37 bits per heavy atom. The smallest absolute Gasteiger partial charge is 0.319 e. The molecule has 0 bridgehead atoms. The second-order valence-corrected chi connectivity index (χ2v) is 4.95. The molecule has 0 unspecified atom stereocenters. The van der Waals surface area contributed by atoms with Gasteiger partial charge < -0.3 is 5.73 Å². The minimum Gasteiger partial charge on any atom is -0.351 e. The zero-order valence-corrected chi connectivity index (χ0v) is 12.1. The van der Waals surface area contributed by atoms with Crippen molar-refractivity contribution in [1.82, 2.24) is 0 Å². The number of halogens is 2. The Morgan fingerprint density at radius 2 is 1.95 bits per heavy atom. The Labute approximate surface area is 118 Å². The fourth-order valence-corrected chi connectivity index (χ4v) is 2.40. The minimum atomic E-state index is -0.533. The maximum absolute atomic E-state index is 13.2. The molecule has 0 atom stereocenters. The zero-order valence-electron chi connectivity index (χ0n) is 11.3. The number of primary amides is 1. The average Bonchev–Trinajstić information content (AvgIpc) is 2.34. The lowest BCUT2D eigenvalue weighted by molar-refractivity contribution is 0.250. The highest BCUT2D eigenvalue weighted by atomic mass is 35.5. The summed E-state index contributed by atoms with van der Waals surface area (Å²) in [6, 6.07) is 3.72. The summed E-state index contributed by atoms with van der Waals surface area (Å²) in [7, 11) is 0. The number of anilines is 1. The normalized spacial score (nSPS) is 10.8. The van der Waals surface area contributed by atoms with E-state index in [-0.39, 0.29) is 11.1 Å². The lowest BCUT2D eigenvalue weighted by Crippen LogP contribution is -2.44. The van der Waals surface area contributed by atoms with E-state index in [1.807, 2.05) is 0 Å². The van der Waals surface area contributed by atoms with Gasteiger partial charge >= 0.3 is 6.03 Å². The predicted molar refractivity (Wildman–Crippen MR) is 77.1 cm³/mol. The van der Waals surface area contributed by atoms with Crippen LogP contribution in [-0.4, -0.2) is 12.1 Å². The monoisotopic (exact) mass is 286 g/mol. The molecule has 0 saturated heterocycles.